The number of nitriles is 1. The van der Waals surface area contributed by atoms with Crippen molar-refractivity contribution in [2.75, 3.05) is 0 Å². The largest absolute Gasteiger partial charge is 0.350 e. The highest BCUT2D eigenvalue weighted by atomic mass is 35.5. The number of carbonyl (C=O) groups is 3. The summed E-state index contributed by atoms with van der Waals surface area (Å²) in [6.45, 7) is 0. The fraction of sp³-hybridized carbons (Fsp3) is 0.520. The van der Waals surface area contributed by atoms with Gasteiger partial charge >= 0.3 is 0 Å². The zero-order valence-electron chi connectivity index (χ0n) is 18.3. The van der Waals surface area contributed by atoms with Crippen LogP contribution in [0, 0.1) is 34.9 Å². The van der Waals surface area contributed by atoms with E-state index in [4.69, 9.17) is 11.6 Å². The van der Waals surface area contributed by atoms with E-state index in [9.17, 15) is 24.0 Å². The van der Waals surface area contributed by atoms with Gasteiger partial charge in [0.1, 0.15) is 17.6 Å². The molecule has 1 aromatic heterocycles. The first kappa shape index (κ1) is 23.4. The fourth-order valence-electron chi connectivity index (χ4n) is 4.70. The molecular formula is C25H27ClFN3O3. The summed E-state index contributed by atoms with van der Waals surface area (Å²) in [5.74, 6) is -1.39. The highest BCUT2D eigenvalue weighted by Crippen LogP contribution is 2.37. The van der Waals surface area contributed by atoms with Crippen molar-refractivity contribution in [3.05, 3.63) is 34.7 Å². The molecule has 2 fully saturated rings. The molecule has 2 saturated carbocycles. The van der Waals surface area contributed by atoms with Crippen molar-refractivity contribution in [1.82, 2.24) is 10.3 Å². The minimum Gasteiger partial charge on any atom is -0.350 e. The smallest absolute Gasteiger partial charge is 0.224 e. The van der Waals surface area contributed by atoms with Gasteiger partial charge < -0.3 is 10.3 Å². The Hall–Kier alpha value is -2.72. The molecule has 8 heteroatoms. The van der Waals surface area contributed by atoms with E-state index in [1.165, 1.54) is 18.2 Å². The van der Waals surface area contributed by atoms with Gasteiger partial charge in [-0.2, -0.15) is 5.26 Å². The summed E-state index contributed by atoms with van der Waals surface area (Å²) in [6, 6.07) is 5.53. The maximum Gasteiger partial charge on any atom is 0.224 e. The molecule has 33 heavy (non-hydrogen) atoms. The average Bonchev–Trinajstić information content (AvgIpc) is 3.49. The number of rotatable bonds is 9. The lowest BCUT2D eigenvalue weighted by Gasteiger charge is -2.24. The summed E-state index contributed by atoms with van der Waals surface area (Å²) in [5, 5.41) is 13.1. The molecule has 0 bridgehead atoms. The van der Waals surface area contributed by atoms with Crippen LogP contribution in [-0.4, -0.2) is 28.5 Å². The lowest BCUT2D eigenvalue weighted by Crippen LogP contribution is -2.41. The molecule has 1 heterocycles. The van der Waals surface area contributed by atoms with E-state index >= 15 is 0 Å². The van der Waals surface area contributed by atoms with Crippen LogP contribution in [0.15, 0.2) is 18.2 Å². The second kappa shape index (κ2) is 10.0. The third-order valence-corrected chi connectivity index (χ3v) is 7.11. The molecule has 2 aliphatic carbocycles. The summed E-state index contributed by atoms with van der Waals surface area (Å²) in [6.07, 6.45) is 5.98. The topological polar surface area (TPSA) is 103 Å². The Balaban J connectivity index is 1.45. The van der Waals surface area contributed by atoms with E-state index in [0.29, 0.717) is 35.6 Å². The number of amides is 1. The first-order valence-electron chi connectivity index (χ1n) is 11.6. The molecule has 6 nitrogen and oxygen atoms in total. The molecular weight excluding hydrogens is 445 g/mol. The first-order chi connectivity index (χ1) is 15.9. The van der Waals surface area contributed by atoms with Gasteiger partial charge in [-0.1, -0.05) is 30.9 Å². The maximum absolute atomic E-state index is 14.1. The number of carbonyl (C=O) groups excluding carboxylic acids is 3. The molecule has 3 atom stereocenters. The highest BCUT2D eigenvalue weighted by molar-refractivity contribution is 6.35. The monoisotopic (exact) mass is 471 g/mol. The van der Waals surface area contributed by atoms with Crippen molar-refractivity contribution in [3.8, 4) is 6.07 Å². The second-order valence-corrected chi connectivity index (χ2v) is 9.75. The van der Waals surface area contributed by atoms with Crippen molar-refractivity contribution in [2.45, 2.75) is 63.8 Å². The predicted molar refractivity (Wildman–Crippen MR) is 122 cm³/mol. The number of benzene rings is 1. The number of nitrogens with zero attached hydrogens (tertiary/aromatic N) is 1. The van der Waals surface area contributed by atoms with Crippen molar-refractivity contribution >= 4 is 40.0 Å². The number of aromatic nitrogens is 1. The predicted octanol–water partition coefficient (Wildman–Crippen LogP) is 5.11. The molecule has 174 valence electrons. The van der Waals surface area contributed by atoms with Gasteiger partial charge in [-0.25, -0.2) is 4.39 Å². The van der Waals surface area contributed by atoms with E-state index in [1.807, 2.05) is 0 Å². The number of fused-ring (bicyclic) bond motifs is 1. The third-order valence-electron chi connectivity index (χ3n) is 6.78. The van der Waals surface area contributed by atoms with Crippen LogP contribution in [0.4, 0.5) is 4.39 Å². The molecule has 2 N–H and O–H groups in total. The molecule has 0 radical (unpaired) electrons. The molecule has 2 aromatic rings. The molecule has 4 rings (SSSR count). The fourth-order valence-corrected chi connectivity index (χ4v) is 4.91. The summed E-state index contributed by atoms with van der Waals surface area (Å²) < 4.78 is 14.1. The van der Waals surface area contributed by atoms with Crippen LogP contribution < -0.4 is 5.32 Å². The molecule has 0 unspecified atom stereocenters. The van der Waals surface area contributed by atoms with Gasteiger partial charge in [0.2, 0.25) is 5.91 Å². The van der Waals surface area contributed by atoms with Gasteiger partial charge in [-0.15, -0.1) is 0 Å². The Labute approximate surface area is 196 Å². The standard InChI is InChI=1S/C25H27ClFN3O3/c26-19-7-8-20(27)24-18(19)12-21(30-24)23(32)11-16(9-14-5-6-14)25(33)29-17(13-28)10-15-3-1-2-4-22(15)31/h7-8,12,14-17,30H,1-6,9-11H2,(H,29,33)/t15-,16+,17-/m0/s1. The normalized spacial score (nSPS) is 20.3. The van der Waals surface area contributed by atoms with Gasteiger partial charge in [-0.3, -0.25) is 14.4 Å². The van der Waals surface area contributed by atoms with Crippen LogP contribution in [0.2, 0.25) is 5.02 Å². The minimum atomic E-state index is -0.762. The van der Waals surface area contributed by atoms with Gasteiger partial charge in [0.15, 0.2) is 5.78 Å². The van der Waals surface area contributed by atoms with Crippen LogP contribution in [0.25, 0.3) is 10.9 Å². The first-order valence-corrected chi connectivity index (χ1v) is 12.0. The number of halogens is 2. The van der Waals surface area contributed by atoms with E-state index < -0.39 is 17.8 Å². The van der Waals surface area contributed by atoms with Crippen molar-refractivity contribution < 1.29 is 18.8 Å². The molecule has 2 aliphatic rings. The number of H-pyrrole nitrogens is 1. The van der Waals surface area contributed by atoms with E-state index in [0.717, 1.165) is 32.1 Å². The zero-order chi connectivity index (χ0) is 23.5. The summed E-state index contributed by atoms with van der Waals surface area (Å²) in [4.78, 5) is 41.0. The highest BCUT2D eigenvalue weighted by Gasteiger charge is 2.33. The Morgan fingerprint density at radius 1 is 1.24 bits per heavy atom. The van der Waals surface area contributed by atoms with Crippen LogP contribution >= 0.6 is 11.6 Å². The van der Waals surface area contributed by atoms with Gasteiger partial charge in [0, 0.05) is 30.1 Å². The average molecular weight is 472 g/mol. The molecule has 0 saturated heterocycles. The Morgan fingerprint density at radius 2 is 2.03 bits per heavy atom. The van der Waals surface area contributed by atoms with E-state index in [-0.39, 0.29) is 41.0 Å². The number of hydrogen-bond donors (Lipinski definition) is 2. The van der Waals surface area contributed by atoms with Gasteiger partial charge in [0.25, 0.3) is 0 Å². The number of ketones is 2. The van der Waals surface area contributed by atoms with Crippen LogP contribution in [0.3, 0.4) is 0 Å². The minimum absolute atomic E-state index is 0.0467. The quantitative estimate of drug-likeness (QED) is 0.496. The number of nitrogens with one attached hydrogen (secondary N) is 2. The summed E-state index contributed by atoms with van der Waals surface area (Å²) >= 11 is 6.13. The molecule has 1 amide bonds. The third kappa shape index (κ3) is 5.62. The number of hydrogen-bond acceptors (Lipinski definition) is 4. The summed E-state index contributed by atoms with van der Waals surface area (Å²) in [5.41, 5.74) is 0.367. The van der Waals surface area contributed by atoms with Crippen molar-refractivity contribution in [1.29, 1.82) is 5.26 Å². The SMILES string of the molecule is N#C[C@H](C[C@@H]1CCCCC1=O)NC(=O)[C@@H](CC(=O)c1cc2c(Cl)ccc(F)c2[nH]1)CC1CC1. The Kier molecular flexibility index (Phi) is 7.14. The van der Waals surface area contributed by atoms with Crippen molar-refractivity contribution in [2.24, 2.45) is 17.8 Å². The molecule has 0 aliphatic heterocycles. The number of Topliss-reactive ketones (excluding diaryl/α,β-unsaturated/α-hetero) is 2. The van der Waals surface area contributed by atoms with Crippen LogP contribution in [-0.2, 0) is 9.59 Å². The van der Waals surface area contributed by atoms with Crippen LogP contribution in [0.1, 0.15) is 68.3 Å². The number of aromatic amines is 1. The van der Waals surface area contributed by atoms with E-state index in [2.05, 4.69) is 16.4 Å². The van der Waals surface area contributed by atoms with Gasteiger partial charge in [0.05, 0.1) is 22.3 Å². The second-order valence-electron chi connectivity index (χ2n) is 9.34. The maximum atomic E-state index is 14.1. The zero-order valence-corrected chi connectivity index (χ0v) is 19.1. The van der Waals surface area contributed by atoms with Gasteiger partial charge in [-0.05, 0) is 49.8 Å². The Morgan fingerprint density at radius 3 is 2.70 bits per heavy atom. The van der Waals surface area contributed by atoms with Crippen LogP contribution in [0.5, 0.6) is 0 Å². The molecule has 1 aromatic carbocycles. The summed E-state index contributed by atoms with van der Waals surface area (Å²) in [7, 11) is 0. The Bertz CT molecular complexity index is 1080. The lowest BCUT2D eigenvalue weighted by atomic mass is 9.83. The van der Waals surface area contributed by atoms with Crippen molar-refractivity contribution in [3.63, 3.8) is 0 Å². The molecule has 0 spiro atoms. The lowest BCUT2D eigenvalue weighted by molar-refractivity contribution is -0.127. The van der Waals surface area contributed by atoms with E-state index in [1.54, 1.807) is 0 Å².